The highest BCUT2D eigenvalue weighted by Gasteiger charge is 2.30. The lowest BCUT2D eigenvalue weighted by Crippen LogP contribution is -2.53. The molecule has 16 heavy (non-hydrogen) atoms. The van der Waals surface area contributed by atoms with E-state index in [1.54, 1.807) is 0 Å². The molecule has 0 N–H and O–H groups in total. The Balaban J connectivity index is 2.91. The maximum atomic E-state index is 6.51. The van der Waals surface area contributed by atoms with Gasteiger partial charge in [-0.25, -0.2) is 0 Å². The predicted octanol–water partition coefficient (Wildman–Crippen LogP) is 2.91. The minimum Gasteiger partial charge on any atom is -0.316 e. The lowest BCUT2D eigenvalue weighted by Gasteiger charge is -2.37. The average Bonchev–Trinajstić information content (AvgIpc) is 2.25. The van der Waals surface area contributed by atoms with Crippen LogP contribution in [0.1, 0.15) is 20.8 Å². The topological polar surface area (TPSA) is 3.24 Å². The van der Waals surface area contributed by atoms with Crippen molar-refractivity contribution in [3.63, 3.8) is 0 Å². The number of halogens is 1. The molecular formula is C13H19BClN. The van der Waals surface area contributed by atoms with Crippen molar-refractivity contribution in [3.05, 3.63) is 43.0 Å². The lowest BCUT2D eigenvalue weighted by atomic mass is 9.75. The maximum absolute atomic E-state index is 6.51. The maximum Gasteiger partial charge on any atom is 0.365 e. The second kappa shape index (κ2) is 5.56. The quantitative estimate of drug-likeness (QED) is 0.573. The van der Waals surface area contributed by atoms with E-state index >= 15 is 0 Å². The van der Waals surface area contributed by atoms with Gasteiger partial charge in [-0.3, -0.25) is 0 Å². The summed E-state index contributed by atoms with van der Waals surface area (Å²) in [5.74, 6) is 0. The Kier molecular flexibility index (Phi) is 4.63. The average molecular weight is 236 g/mol. The van der Waals surface area contributed by atoms with Crippen molar-refractivity contribution in [3.8, 4) is 0 Å². The molecular weight excluding hydrogens is 216 g/mol. The van der Waals surface area contributed by atoms with Crippen molar-refractivity contribution in [2.24, 2.45) is 0 Å². The molecule has 0 saturated heterocycles. The third-order valence-corrected chi connectivity index (χ3v) is 3.02. The van der Waals surface area contributed by atoms with Crippen LogP contribution in [-0.2, 0) is 0 Å². The smallest absolute Gasteiger partial charge is 0.316 e. The molecule has 1 aromatic rings. The van der Waals surface area contributed by atoms with Crippen LogP contribution >= 0.6 is 11.5 Å². The highest BCUT2D eigenvalue weighted by Crippen LogP contribution is 2.16. The largest absolute Gasteiger partial charge is 0.365 e. The molecule has 0 aliphatic rings. The van der Waals surface area contributed by atoms with E-state index in [9.17, 15) is 0 Å². The highest BCUT2D eigenvalue weighted by atomic mass is 35.5. The van der Waals surface area contributed by atoms with Crippen LogP contribution in [0.2, 0.25) is 0 Å². The zero-order chi connectivity index (χ0) is 12.2. The Morgan fingerprint density at radius 3 is 2.31 bits per heavy atom. The first kappa shape index (κ1) is 13.3. The Labute approximate surface area is 104 Å². The molecule has 0 aliphatic carbocycles. The number of rotatable bonds is 4. The van der Waals surface area contributed by atoms with Crippen LogP contribution in [0.25, 0.3) is 0 Å². The van der Waals surface area contributed by atoms with E-state index in [0.29, 0.717) is 0 Å². The summed E-state index contributed by atoms with van der Waals surface area (Å²) < 4.78 is 0. The summed E-state index contributed by atoms with van der Waals surface area (Å²) >= 11 is 6.51. The molecule has 0 atom stereocenters. The summed E-state index contributed by atoms with van der Waals surface area (Å²) in [6.45, 7) is 11.1. The van der Waals surface area contributed by atoms with Gasteiger partial charge in [-0.2, -0.15) is 11.5 Å². The van der Waals surface area contributed by atoms with E-state index in [2.05, 4.69) is 44.3 Å². The van der Waals surface area contributed by atoms with Crippen LogP contribution in [0.5, 0.6) is 0 Å². The molecule has 0 radical (unpaired) electrons. The zero-order valence-electron chi connectivity index (χ0n) is 10.3. The molecule has 0 heterocycles. The Morgan fingerprint density at radius 1 is 1.31 bits per heavy atom. The van der Waals surface area contributed by atoms with Gasteiger partial charge in [0.2, 0.25) is 0 Å². The van der Waals surface area contributed by atoms with Gasteiger partial charge in [0, 0.05) is 12.1 Å². The van der Waals surface area contributed by atoms with Crippen molar-refractivity contribution in [2.45, 2.75) is 26.3 Å². The fourth-order valence-electron chi connectivity index (χ4n) is 1.64. The monoisotopic (exact) mass is 235 g/mol. The second-order valence-corrected chi connectivity index (χ2v) is 5.27. The zero-order valence-corrected chi connectivity index (χ0v) is 11.0. The summed E-state index contributed by atoms with van der Waals surface area (Å²) in [7, 11) is 0. The van der Waals surface area contributed by atoms with E-state index in [1.807, 2.05) is 24.3 Å². The molecule has 0 saturated carbocycles. The SMILES string of the molecule is C=CCN(B(Cl)c1ccccc1)C(C)(C)C. The van der Waals surface area contributed by atoms with E-state index in [4.69, 9.17) is 11.5 Å². The number of hydrogen-bond acceptors (Lipinski definition) is 1. The molecule has 0 aliphatic heterocycles. The minimum atomic E-state index is -0.112. The molecule has 86 valence electrons. The molecule has 0 unspecified atom stereocenters. The van der Waals surface area contributed by atoms with Crippen molar-refractivity contribution < 1.29 is 0 Å². The summed E-state index contributed by atoms with van der Waals surface area (Å²) in [4.78, 5) is 2.22. The highest BCUT2D eigenvalue weighted by molar-refractivity contribution is 7.12. The van der Waals surface area contributed by atoms with Crippen molar-refractivity contribution in [2.75, 3.05) is 6.54 Å². The first-order valence-electron chi connectivity index (χ1n) is 5.53. The molecule has 0 aromatic heterocycles. The molecule has 0 spiro atoms. The standard InChI is InChI=1S/C13H19BClN/c1-5-11-16(13(2,3)4)14(15)12-9-7-6-8-10-12/h5-10H,1,11H2,2-4H3. The van der Waals surface area contributed by atoms with E-state index < -0.39 is 0 Å². The molecule has 0 amide bonds. The Morgan fingerprint density at radius 2 is 1.88 bits per heavy atom. The van der Waals surface area contributed by atoms with Gasteiger partial charge >= 0.3 is 6.26 Å². The normalized spacial score (nSPS) is 11.6. The summed E-state index contributed by atoms with van der Waals surface area (Å²) in [6, 6.07) is 10.1. The van der Waals surface area contributed by atoms with E-state index in [1.165, 1.54) is 0 Å². The summed E-state index contributed by atoms with van der Waals surface area (Å²) in [5, 5.41) is 0. The third kappa shape index (κ3) is 3.39. The predicted molar refractivity (Wildman–Crippen MR) is 74.3 cm³/mol. The van der Waals surface area contributed by atoms with Crippen LogP contribution in [0, 0.1) is 0 Å². The van der Waals surface area contributed by atoms with Crippen LogP contribution in [0.15, 0.2) is 43.0 Å². The molecule has 1 aromatic carbocycles. The van der Waals surface area contributed by atoms with Crippen molar-refractivity contribution in [1.29, 1.82) is 0 Å². The number of hydrogen-bond donors (Lipinski definition) is 0. The van der Waals surface area contributed by atoms with Gasteiger partial charge in [-0.1, -0.05) is 36.4 Å². The fourth-order valence-corrected chi connectivity index (χ4v) is 2.16. The van der Waals surface area contributed by atoms with Crippen molar-refractivity contribution in [1.82, 2.24) is 4.81 Å². The van der Waals surface area contributed by atoms with Crippen LogP contribution in [-0.4, -0.2) is 23.2 Å². The lowest BCUT2D eigenvalue weighted by molar-refractivity contribution is 0.276. The Hall–Kier alpha value is -0.725. The first-order chi connectivity index (χ1) is 7.46. The van der Waals surface area contributed by atoms with Crippen LogP contribution in [0.3, 0.4) is 0 Å². The van der Waals surface area contributed by atoms with Gasteiger partial charge in [0.05, 0.1) is 0 Å². The van der Waals surface area contributed by atoms with Crippen molar-refractivity contribution >= 4 is 23.2 Å². The molecule has 3 heteroatoms. The second-order valence-electron chi connectivity index (χ2n) is 4.86. The van der Waals surface area contributed by atoms with Gasteiger partial charge in [0.15, 0.2) is 0 Å². The van der Waals surface area contributed by atoms with E-state index in [-0.39, 0.29) is 11.8 Å². The van der Waals surface area contributed by atoms with E-state index in [0.717, 1.165) is 12.0 Å². The first-order valence-corrected chi connectivity index (χ1v) is 5.97. The van der Waals surface area contributed by atoms with Gasteiger partial charge in [-0.05, 0) is 26.2 Å². The number of nitrogens with zero attached hydrogens (tertiary/aromatic N) is 1. The van der Waals surface area contributed by atoms with Gasteiger partial charge in [-0.15, -0.1) is 6.58 Å². The molecule has 0 bridgehead atoms. The Bertz CT molecular complexity index is 332. The summed E-state index contributed by atoms with van der Waals surface area (Å²) in [5.41, 5.74) is 1.15. The van der Waals surface area contributed by atoms with Crippen LogP contribution < -0.4 is 5.46 Å². The number of benzene rings is 1. The van der Waals surface area contributed by atoms with Gasteiger partial charge in [0.25, 0.3) is 0 Å². The third-order valence-electron chi connectivity index (χ3n) is 2.54. The molecule has 1 nitrogen and oxygen atoms in total. The molecule has 1 rings (SSSR count). The minimum absolute atomic E-state index is 0.0243. The van der Waals surface area contributed by atoms with Gasteiger partial charge < -0.3 is 4.81 Å². The fraction of sp³-hybridized carbons (Fsp3) is 0.385. The van der Waals surface area contributed by atoms with Crippen LogP contribution in [0.4, 0.5) is 0 Å². The summed E-state index contributed by atoms with van der Waals surface area (Å²) in [6.07, 6.45) is 1.78. The molecule has 0 fully saturated rings. The van der Waals surface area contributed by atoms with Gasteiger partial charge in [0.1, 0.15) is 0 Å².